The molecule has 2 aliphatic rings. The summed E-state index contributed by atoms with van der Waals surface area (Å²) in [6.07, 6.45) is 14.5. The van der Waals surface area contributed by atoms with Crippen LogP contribution in [0.5, 0.6) is 0 Å². The molecule has 1 saturated heterocycles. The van der Waals surface area contributed by atoms with E-state index in [1.54, 1.807) is 12.1 Å². The number of aryl methyl sites for hydroxylation is 2. The summed E-state index contributed by atoms with van der Waals surface area (Å²) in [6, 6.07) is 20.2. The molecule has 5 rings (SSSR count). The Morgan fingerprint density at radius 1 is 0.861 bits per heavy atom. The highest BCUT2D eigenvalue weighted by Crippen LogP contribution is 2.36. The van der Waals surface area contributed by atoms with Crippen LogP contribution in [0.4, 0.5) is 8.78 Å². The van der Waals surface area contributed by atoms with E-state index in [1.165, 1.54) is 23.1 Å². The third kappa shape index (κ3) is 5.84. The fraction of sp³-hybridized carbons (Fsp3) is 0.333. The van der Waals surface area contributed by atoms with Gasteiger partial charge in [-0.25, -0.2) is 8.78 Å². The van der Waals surface area contributed by atoms with E-state index in [-0.39, 0.29) is 6.10 Å². The number of epoxide rings is 1. The smallest absolute Gasteiger partial charge is 0.167 e. The molecule has 0 bridgehead atoms. The average Bonchev–Trinajstić information content (AvgIpc) is 3.75. The number of halogens is 2. The largest absolute Gasteiger partial charge is 0.368 e. The van der Waals surface area contributed by atoms with Gasteiger partial charge in [0.1, 0.15) is 6.10 Å². The van der Waals surface area contributed by atoms with E-state index in [1.807, 2.05) is 24.3 Å². The monoisotopic (exact) mass is 484 g/mol. The minimum atomic E-state index is -0.796. The van der Waals surface area contributed by atoms with Crippen molar-refractivity contribution in [2.24, 2.45) is 5.92 Å². The second-order valence-electron chi connectivity index (χ2n) is 10.0. The minimum Gasteiger partial charge on any atom is -0.368 e. The molecule has 0 spiro atoms. The van der Waals surface area contributed by atoms with Gasteiger partial charge >= 0.3 is 0 Å². The molecule has 3 heteroatoms. The first kappa shape index (κ1) is 24.6. The number of rotatable bonds is 9. The zero-order valence-electron chi connectivity index (χ0n) is 21.0. The number of ether oxygens (including phenoxy) is 1. The van der Waals surface area contributed by atoms with Gasteiger partial charge in [0.2, 0.25) is 0 Å². The topological polar surface area (TPSA) is 12.5 Å². The fourth-order valence-electron chi connectivity index (χ4n) is 5.12. The van der Waals surface area contributed by atoms with Gasteiger partial charge in [-0.05, 0) is 72.3 Å². The van der Waals surface area contributed by atoms with Gasteiger partial charge in [0.05, 0.1) is 6.61 Å². The summed E-state index contributed by atoms with van der Waals surface area (Å²) in [5, 5.41) is 0. The lowest BCUT2D eigenvalue weighted by atomic mass is 9.86. The summed E-state index contributed by atoms with van der Waals surface area (Å²) in [4.78, 5) is 0. The lowest BCUT2D eigenvalue weighted by Gasteiger charge is -2.20. The molecule has 1 aliphatic heterocycles. The molecule has 0 N–H and O–H groups in total. The average molecular weight is 485 g/mol. The highest BCUT2D eigenvalue weighted by Gasteiger charge is 2.30. The van der Waals surface area contributed by atoms with Crippen LogP contribution in [0.15, 0.2) is 78.9 Å². The molecule has 0 amide bonds. The van der Waals surface area contributed by atoms with Gasteiger partial charge in [0, 0.05) is 11.1 Å². The van der Waals surface area contributed by atoms with E-state index >= 15 is 0 Å². The molecule has 1 nitrogen and oxygen atoms in total. The summed E-state index contributed by atoms with van der Waals surface area (Å²) in [6.45, 7) is 2.68. The van der Waals surface area contributed by atoms with Crippen LogP contribution < -0.4 is 0 Å². The summed E-state index contributed by atoms with van der Waals surface area (Å²) in [5.41, 5.74) is 6.63. The van der Waals surface area contributed by atoms with Crippen molar-refractivity contribution in [3.8, 4) is 11.1 Å². The van der Waals surface area contributed by atoms with Crippen molar-refractivity contribution in [2.45, 2.75) is 58.0 Å². The quantitative estimate of drug-likeness (QED) is 0.218. The summed E-state index contributed by atoms with van der Waals surface area (Å²) in [5.74, 6) is -1.00. The van der Waals surface area contributed by atoms with Crippen LogP contribution in [0.2, 0.25) is 0 Å². The second kappa shape index (κ2) is 11.3. The number of hydrogen-bond donors (Lipinski definition) is 0. The van der Waals surface area contributed by atoms with E-state index in [4.69, 9.17) is 4.74 Å². The van der Waals surface area contributed by atoms with E-state index in [2.05, 4.69) is 49.4 Å². The second-order valence-corrected chi connectivity index (χ2v) is 10.0. The third-order valence-corrected chi connectivity index (χ3v) is 7.38. The zero-order chi connectivity index (χ0) is 24.9. The van der Waals surface area contributed by atoms with Gasteiger partial charge in [-0.2, -0.15) is 0 Å². The van der Waals surface area contributed by atoms with Crippen LogP contribution in [-0.4, -0.2) is 6.61 Å². The Morgan fingerprint density at radius 3 is 2.19 bits per heavy atom. The molecule has 1 aliphatic carbocycles. The Hall–Kier alpha value is -3.04. The summed E-state index contributed by atoms with van der Waals surface area (Å²) in [7, 11) is 0. The molecule has 2 atom stereocenters. The summed E-state index contributed by atoms with van der Waals surface area (Å²) >= 11 is 0. The minimum absolute atomic E-state index is 0.295. The van der Waals surface area contributed by atoms with Gasteiger partial charge in [-0.3, -0.25) is 0 Å². The first-order chi connectivity index (χ1) is 17.6. The molecule has 186 valence electrons. The van der Waals surface area contributed by atoms with Gasteiger partial charge in [-0.1, -0.05) is 92.2 Å². The van der Waals surface area contributed by atoms with Crippen LogP contribution in [0.3, 0.4) is 0 Å². The molecule has 0 radical (unpaired) electrons. The third-order valence-electron chi connectivity index (χ3n) is 7.38. The SMILES string of the molecule is CCCc1ccc(CC/C=C/C2CC=C(c3ccc(-c4ccc(C5CO5)c(F)c4F)cc3)CC2)cc1. The molecule has 1 fully saturated rings. The van der Waals surface area contributed by atoms with E-state index in [0.717, 1.165) is 44.1 Å². The van der Waals surface area contributed by atoms with Crippen molar-refractivity contribution >= 4 is 5.57 Å². The molecular weight excluding hydrogens is 450 g/mol. The highest BCUT2D eigenvalue weighted by molar-refractivity contribution is 5.71. The molecule has 1 heterocycles. The van der Waals surface area contributed by atoms with Crippen molar-refractivity contribution in [3.63, 3.8) is 0 Å². The van der Waals surface area contributed by atoms with E-state index in [9.17, 15) is 8.78 Å². The van der Waals surface area contributed by atoms with Crippen LogP contribution in [0, 0.1) is 17.6 Å². The van der Waals surface area contributed by atoms with Gasteiger partial charge in [0.15, 0.2) is 11.6 Å². The first-order valence-electron chi connectivity index (χ1n) is 13.3. The Kier molecular flexibility index (Phi) is 7.77. The van der Waals surface area contributed by atoms with Crippen LogP contribution in [0.25, 0.3) is 16.7 Å². The lowest BCUT2D eigenvalue weighted by molar-refractivity contribution is 0.401. The summed E-state index contributed by atoms with van der Waals surface area (Å²) < 4.78 is 34.2. The zero-order valence-corrected chi connectivity index (χ0v) is 21.0. The molecule has 3 aromatic carbocycles. The van der Waals surface area contributed by atoms with E-state index in [0.29, 0.717) is 29.2 Å². The number of allylic oxidation sites excluding steroid dienone is 4. The maximum atomic E-state index is 14.7. The predicted octanol–water partition coefficient (Wildman–Crippen LogP) is 9.03. The van der Waals surface area contributed by atoms with Gasteiger partial charge < -0.3 is 4.74 Å². The Bertz CT molecular complexity index is 1230. The van der Waals surface area contributed by atoms with Gasteiger partial charge in [0.25, 0.3) is 0 Å². The Balaban J connectivity index is 1.14. The highest BCUT2D eigenvalue weighted by atomic mass is 19.2. The fourth-order valence-corrected chi connectivity index (χ4v) is 5.12. The maximum Gasteiger partial charge on any atom is 0.167 e. The van der Waals surface area contributed by atoms with Crippen molar-refractivity contribution in [1.29, 1.82) is 0 Å². The van der Waals surface area contributed by atoms with Crippen LogP contribution >= 0.6 is 0 Å². The van der Waals surface area contributed by atoms with Crippen LogP contribution in [0.1, 0.15) is 67.4 Å². The van der Waals surface area contributed by atoms with Crippen LogP contribution in [-0.2, 0) is 17.6 Å². The Labute approximate surface area is 213 Å². The van der Waals surface area contributed by atoms with Crippen molar-refractivity contribution in [3.05, 3.63) is 113 Å². The molecular formula is C33H34F2O. The van der Waals surface area contributed by atoms with E-state index < -0.39 is 11.6 Å². The molecule has 0 saturated carbocycles. The first-order valence-corrected chi connectivity index (χ1v) is 13.3. The van der Waals surface area contributed by atoms with Gasteiger partial charge in [-0.15, -0.1) is 0 Å². The van der Waals surface area contributed by atoms with Crippen molar-refractivity contribution in [1.82, 2.24) is 0 Å². The standard InChI is InChI=1S/C33H34F2O/c1-2-5-23-8-10-24(11-9-23)6-3-4-7-25-12-14-26(15-13-25)27-16-18-28(19-17-27)29-20-21-30(31-22-36-31)33(35)32(29)34/h4,7-11,14,16-21,25,31H,2-3,5-6,12-13,15,22H2,1H3/b7-4+. The number of hydrogen-bond acceptors (Lipinski definition) is 1. The predicted molar refractivity (Wildman–Crippen MR) is 144 cm³/mol. The van der Waals surface area contributed by atoms with Crippen molar-refractivity contribution in [2.75, 3.05) is 6.61 Å². The lowest BCUT2D eigenvalue weighted by Crippen LogP contribution is -2.03. The number of benzene rings is 3. The maximum absolute atomic E-state index is 14.7. The normalized spacial score (nSPS) is 19.5. The molecule has 2 unspecified atom stereocenters. The molecule has 0 aromatic heterocycles. The van der Waals surface area contributed by atoms with Crippen molar-refractivity contribution < 1.29 is 13.5 Å². The molecule has 36 heavy (non-hydrogen) atoms. The Morgan fingerprint density at radius 2 is 1.56 bits per heavy atom. The molecule has 3 aromatic rings.